The first-order chi connectivity index (χ1) is 8.69. The lowest BCUT2D eigenvalue weighted by Crippen LogP contribution is -2.25. The molecule has 5 heteroatoms. The molecule has 1 aliphatic heterocycles. The smallest absolute Gasteiger partial charge is 0.228 e. The zero-order valence-electron chi connectivity index (χ0n) is 10.0. The molecule has 0 aromatic heterocycles. The highest BCUT2D eigenvalue weighted by Crippen LogP contribution is 2.23. The third-order valence-corrected chi connectivity index (χ3v) is 3.09. The maximum absolute atomic E-state index is 11.2. The van der Waals surface area contributed by atoms with Gasteiger partial charge < -0.3 is 10.6 Å². The van der Waals surface area contributed by atoms with E-state index in [1.165, 1.54) is 0 Å². The lowest BCUT2D eigenvalue weighted by atomic mass is 10.1. The van der Waals surface area contributed by atoms with Crippen molar-refractivity contribution in [3.8, 4) is 0 Å². The van der Waals surface area contributed by atoms with E-state index < -0.39 is 0 Å². The third kappa shape index (κ3) is 3.26. The van der Waals surface area contributed by atoms with Gasteiger partial charge >= 0.3 is 0 Å². The molecule has 96 valence electrons. The van der Waals surface area contributed by atoms with E-state index in [0.29, 0.717) is 25.1 Å². The molecule has 2 N–H and O–H groups in total. The summed E-state index contributed by atoms with van der Waals surface area (Å²) in [5, 5.41) is 5.64. The summed E-state index contributed by atoms with van der Waals surface area (Å²) in [6.45, 7) is 0.618. The molecule has 0 aliphatic carbocycles. The van der Waals surface area contributed by atoms with E-state index in [4.69, 9.17) is 0 Å². The van der Waals surface area contributed by atoms with Gasteiger partial charge in [0.2, 0.25) is 11.8 Å². The zero-order chi connectivity index (χ0) is 13.0. The van der Waals surface area contributed by atoms with Crippen molar-refractivity contribution in [3.05, 3.63) is 29.3 Å². The van der Waals surface area contributed by atoms with Crippen LogP contribution in [-0.2, 0) is 22.4 Å². The van der Waals surface area contributed by atoms with Gasteiger partial charge in [-0.3, -0.25) is 9.59 Å². The number of amides is 2. The van der Waals surface area contributed by atoms with E-state index in [0.717, 1.165) is 23.2 Å². The van der Waals surface area contributed by atoms with Gasteiger partial charge in [0, 0.05) is 18.7 Å². The molecular formula is C13H16N2O2S. The molecule has 18 heavy (non-hydrogen) atoms. The lowest BCUT2D eigenvalue weighted by Gasteiger charge is -2.06. The summed E-state index contributed by atoms with van der Waals surface area (Å²) in [5.74, 6) is 0.644. The van der Waals surface area contributed by atoms with Crippen LogP contribution in [0.3, 0.4) is 0 Å². The quantitative estimate of drug-likeness (QED) is 0.699. The summed E-state index contributed by atoms with van der Waals surface area (Å²) in [4.78, 5) is 22.5. The minimum absolute atomic E-state index is 0.0306. The minimum Gasteiger partial charge on any atom is -0.356 e. The first-order valence-electron chi connectivity index (χ1n) is 5.98. The Bertz CT molecular complexity index is 474. The van der Waals surface area contributed by atoms with Gasteiger partial charge in [0.25, 0.3) is 0 Å². The highest BCUT2D eigenvalue weighted by atomic mass is 32.1. The molecule has 2 rings (SSSR count). The van der Waals surface area contributed by atoms with Gasteiger partial charge in [-0.25, -0.2) is 0 Å². The van der Waals surface area contributed by atoms with Crippen molar-refractivity contribution < 1.29 is 9.59 Å². The largest absolute Gasteiger partial charge is 0.356 e. The average Bonchev–Trinajstić information content (AvgIpc) is 2.69. The number of benzene rings is 1. The van der Waals surface area contributed by atoms with Crippen molar-refractivity contribution >= 4 is 30.1 Å². The van der Waals surface area contributed by atoms with E-state index in [2.05, 4.69) is 23.3 Å². The number of hydrogen-bond acceptors (Lipinski definition) is 3. The molecule has 0 saturated carbocycles. The summed E-state index contributed by atoms with van der Waals surface area (Å²) in [6, 6.07) is 5.93. The van der Waals surface area contributed by atoms with E-state index in [1.54, 1.807) is 0 Å². The van der Waals surface area contributed by atoms with Crippen LogP contribution in [0.1, 0.15) is 17.5 Å². The SMILES string of the molecule is O=C(CCS)NCCc1ccc2c(c1)CC(=O)N2. The average molecular weight is 264 g/mol. The second-order valence-corrected chi connectivity index (χ2v) is 4.74. The molecule has 4 nitrogen and oxygen atoms in total. The Labute approximate surface area is 112 Å². The van der Waals surface area contributed by atoms with E-state index in [9.17, 15) is 9.59 Å². The normalized spacial score (nSPS) is 13.1. The first-order valence-corrected chi connectivity index (χ1v) is 6.61. The van der Waals surface area contributed by atoms with Gasteiger partial charge in [-0.05, 0) is 29.4 Å². The summed E-state index contributed by atoms with van der Waals surface area (Å²) < 4.78 is 0. The van der Waals surface area contributed by atoms with Gasteiger partial charge in [0.15, 0.2) is 0 Å². The van der Waals surface area contributed by atoms with E-state index in [1.807, 2.05) is 18.2 Å². The van der Waals surface area contributed by atoms with Gasteiger partial charge in [0.1, 0.15) is 0 Å². The van der Waals surface area contributed by atoms with Crippen LogP contribution in [0.4, 0.5) is 5.69 Å². The van der Waals surface area contributed by atoms with Crippen LogP contribution >= 0.6 is 12.6 Å². The zero-order valence-corrected chi connectivity index (χ0v) is 10.9. The molecular weight excluding hydrogens is 248 g/mol. The Kier molecular flexibility index (Phi) is 4.25. The van der Waals surface area contributed by atoms with Crippen molar-refractivity contribution in [2.24, 2.45) is 0 Å². The second-order valence-electron chi connectivity index (χ2n) is 4.29. The predicted molar refractivity (Wildman–Crippen MR) is 74.0 cm³/mol. The maximum Gasteiger partial charge on any atom is 0.228 e. The summed E-state index contributed by atoms with van der Waals surface area (Å²) in [6.07, 6.45) is 1.68. The first kappa shape index (κ1) is 13.0. The van der Waals surface area contributed by atoms with Crippen molar-refractivity contribution in [1.82, 2.24) is 5.32 Å². The van der Waals surface area contributed by atoms with Crippen LogP contribution in [0.2, 0.25) is 0 Å². The van der Waals surface area contributed by atoms with Crippen LogP contribution in [0.5, 0.6) is 0 Å². The van der Waals surface area contributed by atoms with E-state index >= 15 is 0 Å². The predicted octanol–water partition coefficient (Wildman–Crippen LogP) is 1.16. The summed E-state index contributed by atoms with van der Waals surface area (Å²) in [7, 11) is 0. The van der Waals surface area contributed by atoms with Gasteiger partial charge in [0.05, 0.1) is 6.42 Å². The van der Waals surface area contributed by atoms with Crippen LogP contribution in [0.15, 0.2) is 18.2 Å². The molecule has 0 unspecified atom stereocenters. The highest BCUT2D eigenvalue weighted by Gasteiger charge is 2.17. The number of fused-ring (bicyclic) bond motifs is 1. The molecule has 0 fully saturated rings. The van der Waals surface area contributed by atoms with Crippen LogP contribution in [0, 0.1) is 0 Å². The molecule has 0 radical (unpaired) electrons. The number of nitrogens with one attached hydrogen (secondary N) is 2. The molecule has 0 bridgehead atoms. The fourth-order valence-corrected chi connectivity index (χ4v) is 2.18. The Morgan fingerprint density at radius 2 is 2.28 bits per heavy atom. The second kappa shape index (κ2) is 5.91. The fraction of sp³-hybridized carbons (Fsp3) is 0.385. The van der Waals surface area contributed by atoms with Crippen LogP contribution in [-0.4, -0.2) is 24.1 Å². The molecule has 2 amide bonds. The fourth-order valence-electron chi connectivity index (χ4n) is 1.97. The number of carbonyl (C=O) groups excluding carboxylic acids is 2. The monoisotopic (exact) mass is 264 g/mol. The van der Waals surface area contributed by atoms with Gasteiger partial charge in [-0.1, -0.05) is 12.1 Å². The standard InChI is InChI=1S/C13H16N2O2S/c16-12(4-6-18)14-5-3-9-1-2-11-10(7-9)8-13(17)15-11/h1-2,7,18H,3-6,8H2,(H,14,16)(H,15,17). The third-order valence-electron chi connectivity index (χ3n) is 2.87. The number of hydrogen-bond donors (Lipinski definition) is 3. The number of anilines is 1. The van der Waals surface area contributed by atoms with Gasteiger partial charge in [-0.2, -0.15) is 12.6 Å². The Morgan fingerprint density at radius 1 is 1.44 bits per heavy atom. The Balaban J connectivity index is 1.86. The summed E-state index contributed by atoms with van der Waals surface area (Å²) >= 11 is 4.00. The van der Waals surface area contributed by atoms with Crippen molar-refractivity contribution in [1.29, 1.82) is 0 Å². The Hall–Kier alpha value is -1.49. The molecule has 0 atom stereocenters. The minimum atomic E-state index is 0.0306. The Morgan fingerprint density at radius 3 is 3.06 bits per heavy atom. The number of rotatable bonds is 5. The molecule has 1 aromatic carbocycles. The molecule has 1 aliphatic rings. The van der Waals surface area contributed by atoms with E-state index in [-0.39, 0.29) is 11.8 Å². The van der Waals surface area contributed by atoms with Crippen LogP contribution in [0.25, 0.3) is 0 Å². The van der Waals surface area contributed by atoms with Crippen molar-refractivity contribution in [3.63, 3.8) is 0 Å². The molecule has 0 spiro atoms. The lowest BCUT2D eigenvalue weighted by molar-refractivity contribution is -0.120. The van der Waals surface area contributed by atoms with Crippen LogP contribution < -0.4 is 10.6 Å². The number of carbonyl (C=O) groups is 2. The highest BCUT2D eigenvalue weighted by molar-refractivity contribution is 7.80. The van der Waals surface area contributed by atoms with Crippen molar-refractivity contribution in [2.45, 2.75) is 19.3 Å². The van der Waals surface area contributed by atoms with Crippen molar-refractivity contribution in [2.75, 3.05) is 17.6 Å². The van der Waals surface area contributed by atoms with Gasteiger partial charge in [-0.15, -0.1) is 0 Å². The topological polar surface area (TPSA) is 58.2 Å². The molecule has 1 aromatic rings. The number of thiol groups is 1. The summed E-state index contributed by atoms with van der Waals surface area (Å²) in [5.41, 5.74) is 3.08. The maximum atomic E-state index is 11.2. The molecule has 0 saturated heterocycles. The molecule has 1 heterocycles.